The molecule has 2 aromatic rings. The molecule has 98 valence electrons. The summed E-state index contributed by atoms with van der Waals surface area (Å²) in [6, 6.07) is 14.8. The zero-order valence-electron chi connectivity index (χ0n) is 10.5. The van der Waals surface area contributed by atoms with Crippen molar-refractivity contribution in [1.82, 2.24) is 0 Å². The molecule has 19 heavy (non-hydrogen) atoms. The molecule has 0 saturated carbocycles. The second kappa shape index (κ2) is 6.25. The van der Waals surface area contributed by atoms with Crippen molar-refractivity contribution in [3.8, 4) is 0 Å². The van der Waals surface area contributed by atoms with Gasteiger partial charge in [-0.1, -0.05) is 48.0 Å². The summed E-state index contributed by atoms with van der Waals surface area (Å²) in [4.78, 5) is 11.7. The minimum atomic E-state index is -0.491. The quantitative estimate of drug-likeness (QED) is 0.902. The molecule has 0 spiro atoms. The Morgan fingerprint density at radius 1 is 1.16 bits per heavy atom. The van der Waals surface area contributed by atoms with Crippen LogP contribution in [0.2, 0.25) is 5.02 Å². The van der Waals surface area contributed by atoms with Gasteiger partial charge in [-0.15, -0.1) is 0 Å². The lowest BCUT2D eigenvalue weighted by atomic mass is 10.2. The molecule has 0 unspecified atom stereocenters. The van der Waals surface area contributed by atoms with Crippen LogP contribution in [0.5, 0.6) is 0 Å². The first-order valence-electron chi connectivity index (χ1n) is 5.89. The van der Waals surface area contributed by atoms with Gasteiger partial charge >= 0.3 is 6.09 Å². The van der Waals surface area contributed by atoms with Crippen LogP contribution in [0.25, 0.3) is 0 Å². The number of ether oxygens (including phenoxy) is 1. The van der Waals surface area contributed by atoms with Crippen LogP contribution >= 0.6 is 11.6 Å². The van der Waals surface area contributed by atoms with Gasteiger partial charge in [0.05, 0.1) is 0 Å². The van der Waals surface area contributed by atoms with E-state index in [0.717, 1.165) is 16.8 Å². The Morgan fingerprint density at radius 3 is 2.58 bits per heavy atom. The Labute approximate surface area is 117 Å². The molecule has 0 atom stereocenters. The highest BCUT2D eigenvalue weighted by atomic mass is 35.5. The van der Waals surface area contributed by atoms with E-state index in [9.17, 15) is 4.79 Å². The van der Waals surface area contributed by atoms with Gasteiger partial charge in [0, 0.05) is 16.3 Å². The molecule has 2 aromatic carbocycles. The van der Waals surface area contributed by atoms with Crippen molar-refractivity contribution in [2.75, 3.05) is 5.32 Å². The Bertz CT molecular complexity index is 584. The molecule has 1 amide bonds. The molecule has 2 rings (SSSR count). The Hall–Kier alpha value is -2.00. The van der Waals surface area contributed by atoms with Gasteiger partial charge in [0.2, 0.25) is 0 Å². The topological polar surface area (TPSA) is 38.3 Å². The summed E-state index contributed by atoms with van der Waals surface area (Å²) >= 11 is 5.98. The van der Waals surface area contributed by atoms with Crippen molar-refractivity contribution in [3.63, 3.8) is 0 Å². The van der Waals surface area contributed by atoms with E-state index in [1.165, 1.54) is 0 Å². The molecule has 3 nitrogen and oxygen atoms in total. The molecule has 0 radical (unpaired) electrons. The Morgan fingerprint density at radius 2 is 1.84 bits per heavy atom. The van der Waals surface area contributed by atoms with Gasteiger partial charge in [-0.2, -0.15) is 0 Å². The van der Waals surface area contributed by atoms with E-state index in [2.05, 4.69) is 5.32 Å². The summed E-state index contributed by atoms with van der Waals surface area (Å²) in [6.07, 6.45) is -0.491. The van der Waals surface area contributed by atoms with Gasteiger partial charge < -0.3 is 4.74 Å². The Kier molecular flexibility index (Phi) is 4.42. The summed E-state index contributed by atoms with van der Waals surface area (Å²) in [7, 11) is 0. The number of aryl methyl sites for hydroxylation is 1. The second-order valence-electron chi connectivity index (χ2n) is 4.11. The number of para-hydroxylation sites is 1. The lowest BCUT2D eigenvalue weighted by Crippen LogP contribution is -2.14. The summed E-state index contributed by atoms with van der Waals surface area (Å²) < 4.78 is 5.13. The fraction of sp³-hybridized carbons (Fsp3) is 0.133. The van der Waals surface area contributed by atoms with Crippen molar-refractivity contribution in [3.05, 3.63) is 64.7 Å². The van der Waals surface area contributed by atoms with Crippen molar-refractivity contribution >= 4 is 23.4 Å². The van der Waals surface area contributed by atoms with E-state index in [1.54, 1.807) is 6.07 Å². The predicted octanol–water partition coefficient (Wildman–Crippen LogP) is 4.40. The van der Waals surface area contributed by atoms with Crippen LogP contribution in [0.4, 0.5) is 10.5 Å². The van der Waals surface area contributed by atoms with Crippen molar-refractivity contribution in [2.45, 2.75) is 13.5 Å². The average Bonchev–Trinajstić information content (AvgIpc) is 2.40. The van der Waals surface area contributed by atoms with Gasteiger partial charge in [0.15, 0.2) is 0 Å². The molecule has 0 aliphatic rings. The van der Waals surface area contributed by atoms with Gasteiger partial charge in [-0.3, -0.25) is 5.32 Å². The van der Waals surface area contributed by atoms with Crippen LogP contribution in [-0.4, -0.2) is 6.09 Å². The standard InChI is InChI=1S/C15H14ClNO2/c1-11-6-2-5-9-14(11)17-15(18)19-10-12-7-3-4-8-13(12)16/h2-9H,10H2,1H3,(H,17,18). The number of hydrogen-bond acceptors (Lipinski definition) is 2. The van der Waals surface area contributed by atoms with Crippen molar-refractivity contribution < 1.29 is 9.53 Å². The summed E-state index contributed by atoms with van der Waals surface area (Å²) in [5.41, 5.74) is 2.51. The molecule has 4 heteroatoms. The number of hydrogen-bond donors (Lipinski definition) is 1. The average molecular weight is 276 g/mol. The Balaban J connectivity index is 1.92. The first-order chi connectivity index (χ1) is 9.16. The fourth-order valence-electron chi connectivity index (χ4n) is 1.62. The third kappa shape index (κ3) is 3.73. The van der Waals surface area contributed by atoms with E-state index < -0.39 is 6.09 Å². The third-order valence-electron chi connectivity index (χ3n) is 2.70. The van der Waals surface area contributed by atoms with Crippen LogP contribution in [-0.2, 0) is 11.3 Å². The highest BCUT2D eigenvalue weighted by Gasteiger charge is 2.06. The molecular formula is C15H14ClNO2. The molecule has 0 heterocycles. The second-order valence-corrected chi connectivity index (χ2v) is 4.51. The maximum atomic E-state index is 11.7. The van der Waals surface area contributed by atoms with Crippen LogP contribution in [0.15, 0.2) is 48.5 Å². The lowest BCUT2D eigenvalue weighted by Gasteiger charge is -2.09. The summed E-state index contributed by atoms with van der Waals surface area (Å²) in [5, 5.41) is 3.28. The van der Waals surface area contributed by atoms with Crippen molar-refractivity contribution in [1.29, 1.82) is 0 Å². The number of carbonyl (C=O) groups excluding carboxylic acids is 1. The van der Waals surface area contributed by atoms with E-state index in [0.29, 0.717) is 5.02 Å². The first-order valence-corrected chi connectivity index (χ1v) is 6.27. The minimum absolute atomic E-state index is 0.150. The van der Waals surface area contributed by atoms with Crippen LogP contribution in [0.3, 0.4) is 0 Å². The SMILES string of the molecule is Cc1ccccc1NC(=O)OCc1ccccc1Cl. The van der Waals surface area contributed by atoms with E-state index >= 15 is 0 Å². The van der Waals surface area contributed by atoms with Gasteiger partial charge in [0.25, 0.3) is 0 Å². The zero-order chi connectivity index (χ0) is 13.7. The number of nitrogens with one attached hydrogen (secondary N) is 1. The van der Waals surface area contributed by atoms with Crippen LogP contribution in [0.1, 0.15) is 11.1 Å². The van der Waals surface area contributed by atoms with Crippen LogP contribution in [0, 0.1) is 6.92 Å². The van der Waals surface area contributed by atoms with E-state index in [1.807, 2.05) is 49.4 Å². The first kappa shape index (κ1) is 13.4. The molecule has 0 bridgehead atoms. The number of halogens is 1. The highest BCUT2D eigenvalue weighted by molar-refractivity contribution is 6.31. The van der Waals surface area contributed by atoms with Gasteiger partial charge in [-0.05, 0) is 24.6 Å². The molecule has 0 fully saturated rings. The number of benzene rings is 2. The van der Waals surface area contributed by atoms with Crippen molar-refractivity contribution in [2.24, 2.45) is 0 Å². The number of anilines is 1. The highest BCUT2D eigenvalue weighted by Crippen LogP contribution is 2.17. The van der Waals surface area contributed by atoms with Crippen LogP contribution < -0.4 is 5.32 Å². The molecule has 0 aliphatic heterocycles. The zero-order valence-corrected chi connectivity index (χ0v) is 11.3. The third-order valence-corrected chi connectivity index (χ3v) is 3.07. The number of carbonyl (C=O) groups is 1. The predicted molar refractivity (Wildman–Crippen MR) is 76.4 cm³/mol. The maximum absolute atomic E-state index is 11.7. The van der Waals surface area contributed by atoms with Gasteiger partial charge in [0.1, 0.15) is 6.61 Å². The van der Waals surface area contributed by atoms with E-state index in [4.69, 9.17) is 16.3 Å². The fourth-order valence-corrected chi connectivity index (χ4v) is 1.81. The largest absolute Gasteiger partial charge is 0.444 e. The monoisotopic (exact) mass is 275 g/mol. The smallest absolute Gasteiger partial charge is 0.411 e. The molecule has 1 N–H and O–H groups in total. The van der Waals surface area contributed by atoms with Gasteiger partial charge in [-0.25, -0.2) is 4.79 Å². The lowest BCUT2D eigenvalue weighted by molar-refractivity contribution is 0.155. The number of rotatable bonds is 3. The molecule has 0 saturated heterocycles. The summed E-state index contributed by atoms with van der Waals surface area (Å²) in [6.45, 7) is 2.07. The molecule has 0 aliphatic carbocycles. The maximum Gasteiger partial charge on any atom is 0.411 e. The molecule has 0 aromatic heterocycles. The minimum Gasteiger partial charge on any atom is -0.444 e. The number of amides is 1. The van der Waals surface area contributed by atoms with E-state index in [-0.39, 0.29) is 6.61 Å². The molecular weight excluding hydrogens is 262 g/mol. The normalized spacial score (nSPS) is 10.0. The summed E-state index contributed by atoms with van der Waals surface area (Å²) in [5.74, 6) is 0.